The van der Waals surface area contributed by atoms with E-state index in [0.717, 1.165) is 14.8 Å². The Morgan fingerprint density at radius 2 is 2.00 bits per heavy atom. The second-order valence-corrected chi connectivity index (χ2v) is 5.28. The highest BCUT2D eigenvalue weighted by Crippen LogP contribution is 2.17. The van der Waals surface area contributed by atoms with Crippen LogP contribution in [-0.4, -0.2) is 5.91 Å². The smallest absolute Gasteiger partial charge is 0.256 e. The Balaban J connectivity index is 2.24. The minimum atomic E-state index is -0.137. The van der Waals surface area contributed by atoms with Crippen LogP contribution >= 0.6 is 22.6 Å². The number of carbonyl (C=O) groups excluding carboxylic acids is 1. The molecule has 0 aromatic heterocycles. The fourth-order valence-electron chi connectivity index (χ4n) is 1.65. The lowest BCUT2D eigenvalue weighted by molar-refractivity contribution is 0.102. The summed E-state index contributed by atoms with van der Waals surface area (Å²) in [5.41, 5.74) is 8.59. The van der Waals surface area contributed by atoms with Crippen molar-refractivity contribution in [1.82, 2.24) is 0 Å². The maximum atomic E-state index is 12.1. The number of hydrogen-bond donors (Lipinski definition) is 2. The quantitative estimate of drug-likeness (QED) is 0.643. The van der Waals surface area contributed by atoms with Crippen LogP contribution in [0.25, 0.3) is 0 Å². The first-order chi connectivity index (χ1) is 8.56. The fourth-order valence-corrected chi connectivity index (χ4v) is 2.19. The molecule has 2 rings (SSSR count). The molecule has 0 saturated heterocycles. The molecule has 3 N–H and O–H groups in total. The topological polar surface area (TPSA) is 55.1 Å². The van der Waals surface area contributed by atoms with Crippen LogP contribution in [0.3, 0.4) is 0 Å². The van der Waals surface area contributed by atoms with Crippen LogP contribution in [-0.2, 0) is 0 Å². The number of benzene rings is 2. The van der Waals surface area contributed by atoms with Gasteiger partial charge in [-0.25, -0.2) is 0 Å². The van der Waals surface area contributed by atoms with Gasteiger partial charge in [-0.2, -0.15) is 0 Å². The van der Waals surface area contributed by atoms with E-state index in [1.807, 2.05) is 37.3 Å². The number of nitrogen functional groups attached to an aromatic ring is 1. The van der Waals surface area contributed by atoms with Crippen molar-refractivity contribution >= 4 is 39.9 Å². The number of halogens is 1. The van der Waals surface area contributed by atoms with Gasteiger partial charge in [0.2, 0.25) is 0 Å². The molecule has 0 bridgehead atoms. The van der Waals surface area contributed by atoms with Crippen LogP contribution in [0, 0.1) is 10.5 Å². The van der Waals surface area contributed by atoms with Crippen molar-refractivity contribution in [1.29, 1.82) is 0 Å². The first-order valence-electron chi connectivity index (χ1n) is 5.49. The molecule has 0 radical (unpaired) electrons. The van der Waals surface area contributed by atoms with Crippen molar-refractivity contribution in [3.05, 3.63) is 57.2 Å². The largest absolute Gasteiger partial charge is 0.399 e. The summed E-state index contributed by atoms with van der Waals surface area (Å²) in [6.45, 7) is 1.89. The lowest BCUT2D eigenvalue weighted by Crippen LogP contribution is -2.13. The summed E-state index contributed by atoms with van der Waals surface area (Å²) in [4.78, 5) is 12.1. The van der Waals surface area contributed by atoms with Crippen LogP contribution in [0.2, 0.25) is 0 Å². The lowest BCUT2D eigenvalue weighted by atomic mass is 10.1. The van der Waals surface area contributed by atoms with E-state index in [1.54, 1.807) is 12.1 Å². The summed E-state index contributed by atoms with van der Waals surface area (Å²) in [5.74, 6) is -0.137. The van der Waals surface area contributed by atoms with Gasteiger partial charge >= 0.3 is 0 Å². The van der Waals surface area contributed by atoms with Crippen molar-refractivity contribution in [2.45, 2.75) is 6.92 Å². The Morgan fingerprint density at radius 1 is 1.22 bits per heavy atom. The van der Waals surface area contributed by atoms with E-state index in [0.29, 0.717) is 11.3 Å². The molecule has 2 aromatic rings. The van der Waals surface area contributed by atoms with Gasteiger partial charge in [-0.3, -0.25) is 4.79 Å². The molecule has 4 heteroatoms. The zero-order chi connectivity index (χ0) is 13.1. The number of amides is 1. The van der Waals surface area contributed by atoms with Crippen LogP contribution < -0.4 is 11.1 Å². The number of rotatable bonds is 2. The van der Waals surface area contributed by atoms with E-state index in [4.69, 9.17) is 5.73 Å². The summed E-state index contributed by atoms with van der Waals surface area (Å²) in [5, 5.41) is 2.87. The number of anilines is 2. The minimum absolute atomic E-state index is 0.137. The monoisotopic (exact) mass is 352 g/mol. The first kappa shape index (κ1) is 12.9. The molecular weight excluding hydrogens is 339 g/mol. The molecule has 0 aliphatic rings. The van der Waals surface area contributed by atoms with Gasteiger partial charge in [0.1, 0.15) is 0 Å². The number of hydrogen-bond acceptors (Lipinski definition) is 2. The maximum Gasteiger partial charge on any atom is 0.256 e. The van der Waals surface area contributed by atoms with Gasteiger partial charge in [0.15, 0.2) is 0 Å². The van der Waals surface area contributed by atoms with Crippen molar-refractivity contribution < 1.29 is 4.79 Å². The predicted octanol–water partition coefficient (Wildman–Crippen LogP) is 3.43. The molecule has 0 spiro atoms. The van der Waals surface area contributed by atoms with Crippen LogP contribution in [0.15, 0.2) is 42.5 Å². The maximum absolute atomic E-state index is 12.1. The van der Waals surface area contributed by atoms with Crippen LogP contribution in [0.5, 0.6) is 0 Å². The molecule has 0 saturated carbocycles. The molecule has 0 heterocycles. The molecule has 0 aliphatic carbocycles. The molecular formula is C14H13IN2O. The normalized spacial score (nSPS) is 10.1. The average Bonchev–Trinajstić information content (AvgIpc) is 2.32. The molecule has 92 valence electrons. The van der Waals surface area contributed by atoms with Crippen molar-refractivity contribution in [2.75, 3.05) is 11.1 Å². The minimum Gasteiger partial charge on any atom is -0.399 e. The summed E-state index contributed by atoms with van der Waals surface area (Å²) < 4.78 is 1.08. The molecule has 2 aromatic carbocycles. The summed E-state index contributed by atoms with van der Waals surface area (Å²) in [6.07, 6.45) is 0. The average molecular weight is 352 g/mol. The van der Waals surface area contributed by atoms with Gasteiger partial charge in [-0.1, -0.05) is 12.1 Å². The molecule has 0 unspecified atom stereocenters. The number of nitrogens with two attached hydrogens (primary N) is 1. The summed E-state index contributed by atoms with van der Waals surface area (Å²) >= 11 is 2.21. The third-order valence-electron chi connectivity index (χ3n) is 2.59. The number of carbonyl (C=O) groups is 1. The van der Waals surface area contributed by atoms with Gasteiger partial charge in [-0.05, 0) is 65.4 Å². The van der Waals surface area contributed by atoms with Crippen LogP contribution in [0.1, 0.15) is 15.9 Å². The molecule has 0 atom stereocenters. The van der Waals surface area contributed by atoms with Crippen molar-refractivity contribution in [3.63, 3.8) is 0 Å². The Labute approximate surface area is 120 Å². The van der Waals surface area contributed by atoms with Gasteiger partial charge < -0.3 is 11.1 Å². The predicted molar refractivity (Wildman–Crippen MR) is 82.7 cm³/mol. The molecule has 0 aliphatic heterocycles. The Kier molecular flexibility index (Phi) is 3.86. The van der Waals surface area contributed by atoms with E-state index < -0.39 is 0 Å². The zero-order valence-corrected chi connectivity index (χ0v) is 12.1. The highest BCUT2D eigenvalue weighted by Gasteiger charge is 2.09. The van der Waals surface area contributed by atoms with Gasteiger partial charge in [-0.15, -0.1) is 0 Å². The Bertz CT molecular complexity index is 596. The zero-order valence-electron chi connectivity index (χ0n) is 9.91. The van der Waals surface area contributed by atoms with Gasteiger partial charge in [0.25, 0.3) is 5.91 Å². The Hall–Kier alpha value is -1.56. The standard InChI is InChI=1S/C14H13IN2O/c1-9-5-6-11(16)8-13(9)14(18)17-12-4-2-3-10(15)7-12/h2-8H,16H2,1H3,(H,17,18). The second-order valence-electron chi connectivity index (χ2n) is 4.04. The first-order valence-corrected chi connectivity index (χ1v) is 6.57. The van der Waals surface area contributed by atoms with E-state index >= 15 is 0 Å². The molecule has 0 fully saturated rings. The van der Waals surface area contributed by atoms with Gasteiger partial charge in [0.05, 0.1) is 0 Å². The molecule has 3 nitrogen and oxygen atoms in total. The highest BCUT2D eigenvalue weighted by molar-refractivity contribution is 14.1. The second kappa shape index (κ2) is 5.39. The summed E-state index contributed by atoms with van der Waals surface area (Å²) in [7, 11) is 0. The van der Waals surface area contributed by atoms with Gasteiger partial charge in [0, 0.05) is 20.5 Å². The molecule has 1 amide bonds. The van der Waals surface area contributed by atoms with Crippen LogP contribution in [0.4, 0.5) is 11.4 Å². The summed E-state index contributed by atoms with van der Waals surface area (Å²) in [6, 6.07) is 13.0. The number of nitrogens with one attached hydrogen (secondary N) is 1. The number of aryl methyl sites for hydroxylation is 1. The van der Waals surface area contributed by atoms with E-state index in [9.17, 15) is 4.79 Å². The third-order valence-corrected chi connectivity index (χ3v) is 3.26. The highest BCUT2D eigenvalue weighted by atomic mass is 127. The SMILES string of the molecule is Cc1ccc(N)cc1C(=O)Nc1cccc(I)c1. The van der Waals surface area contributed by atoms with E-state index in [2.05, 4.69) is 27.9 Å². The van der Waals surface area contributed by atoms with E-state index in [-0.39, 0.29) is 5.91 Å². The molecule has 18 heavy (non-hydrogen) atoms. The Morgan fingerprint density at radius 3 is 2.72 bits per heavy atom. The third kappa shape index (κ3) is 3.01. The lowest BCUT2D eigenvalue weighted by Gasteiger charge is -2.08. The van der Waals surface area contributed by atoms with Crippen molar-refractivity contribution in [2.24, 2.45) is 0 Å². The fraction of sp³-hybridized carbons (Fsp3) is 0.0714. The van der Waals surface area contributed by atoms with Crippen molar-refractivity contribution in [3.8, 4) is 0 Å². The van der Waals surface area contributed by atoms with E-state index in [1.165, 1.54) is 0 Å².